The van der Waals surface area contributed by atoms with Crippen molar-refractivity contribution in [1.29, 1.82) is 0 Å². The molecule has 0 atom stereocenters. The first-order valence-corrected chi connectivity index (χ1v) is 6.00. The molecule has 0 aliphatic rings. The van der Waals surface area contributed by atoms with Gasteiger partial charge in [-0.05, 0) is 6.07 Å². The Morgan fingerprint density at radius 2 is 2.00 bits per heavy atom. The summed E-state index contributed by atoms with van der Waals surface area (Å²) in [7, 11) is -3.89. The van der Waals surface area contributed by atoms with E-state index in [0.29, 0.717) is 10.4 Å². The number of rotatable bonds is 4. The molecule has 0 saturated heterocycles. The van der Waals surface area contributed by atoms with Crippen molar-refractivity contribution in [3.8, 4) is 0 Å². The highest BCUT2D eigenvalue weighted by Crippen LogP contribution is 2.26. The summed E-state index contributed by atoms with van der Waals surface area (Å²) in [5.74, 6) is -0.208. The Morgan fingerprint density at radius 3 is 2.50 bits per heavy atom. The van der Waals surface area contributed by atoms with Gasteiger partial charge in [-0.2, -0.15) is 25.9 Å². The molecule has 0 bridgehead atoms. The van der Waals surface area contributed by atoms with Crippen LogP contribution in [0.2, 0.25) is 0 Å². The van der Waals surface area contributed by atoms with Crippen LogP contribution in [-0.2, 0) is 23.0 Å². The quantitative estimate of drug-likeness (QED) is 0.616. The first kappa shape index (κ1) is 14.8. The maximum atomic E-state index is 12.4. The molecule has 0 aliphatic heterocycles. The second-order valence-electron chi connectivity index (χ2n) is 3.37. The Hall–Kier alpha value is -1.29. The monoisotopic (exact) mass is 287 g/mol. The molecule has 0 N–H and O–H groups in total. The molecule has 1 heterocycles. The Kier molecular flexibility index (Phi) is 4.22. The van der Waals surface area contributed by atoms with E-state index in [1.807, 2.05) is 0 Å². The van der Waals surface area contributed by atoms with Crippen LogP contribution in [0.15, 0.2) is 12.3 Å². The third kappa shape index (κ3) is 4.18. The predicted molar refractivity (Wildman–Crippen MR) is 53.4 cm³/mol. The van der Waals surface area contributed by atoms with Gasteiger partial charge in [0, 0.05) is 26.2 Å². The van der Waals surface area contributed by atoms with Crippen molar-refractivity contribution in [2.24, 2.45) is 0 Å². The molecule has 0 amide bonds. The molecule has 0 spiro atoms. The van der Waals surface area contributed by atoms with Crippen LogP contribution >= 0.6 is 0 Å². The number of halogens is 4. The lowest BCUT2D eigenvalue weighted by atomic mass is 10.3. The van der Waals surface area contributed by atoms with Crippen LogP contribution in [0.1, 0.15) is 11.5 Å². The Balaban J connectivity index is 2.75. The van der Waals surface area contributed by atoms with E-state index < -0.39 is 22.3 Å². The zero-order valence-electron chi connectivity index (χ0n) is 9.15. The molecule has 1 aromatic rings. The minimum Gasteiger partial charge on any atom is -0.241 e. The average molecular weight is 287 g/mol. The maximum Gasteiger partial charge on any atom is 0.433 e. The average Bonchev–Trinajstić information content (AvgIpc) is 2.23. The molecule has 0 unspecified atom stereocenters. The van der Waals surface area contributed by atoms with E-state index >= 15 is 0 Å². The predicted octanol–water partition coefficient (Wildman–Crippen LogP) is 1.18. The van der Waals surface area contributed by atoms with Gasteiger partial charge >= 0.3 is 16.6 Å². The molecule has 0 fully saturated rings. The largest absolute Gasteiger partial charge is 0.433 e. The summed E-state index contributed by atoms with van der Waals surface area (Å²) in [6, 6.07) is 0.694. The fraction of sp³-hybridized carbons (Fsp3) is 0.500. The fourth-order valence-electron chi connectivity index (χ4n) is 1.04. The number of aromatic nitrogens is 2. The molecule has 0 aliphatic carbocycles. The van der Waals surface area contributed by atoms with E-state index in [-0.39, 0.29) is 18.8 Å². The first-order chi connectivity index (χ1) is 8.10. The minimum absolute atomic E-state index is 0.208. The third-order valence-corrected chi connectivity index (χ3v) is 2.95. The fourth-order valence-corrected chi connectivity index (χ4v) is 1.35. The van der Waals surface area contributed by atoms with Gasteiger partial charge in [0.15, 0.2) is 0 Å². The molecule has 1 rings (SSSR count). The van der Waals surface area contributed by atoms with Crippen LogP contribution in [0, 0.1) is 0 Å². The van der Waals surface area contributed by atoms with Gasteiger partial charge in [0.05, 0.1) is 0 Å². The lowest BCUT2D eigenvalue weighted by Crippen LogP contribution is -2.26. The maximum absolute atomic E-state index is 12.4. The second-order valence-corrected chi connectivity index (χ2v) is 4.82. The minimum atomic E-state index is -4.86. The molecule has 10 heteroatoms. The van der Waals surface area contributed by atoms with Crippen LogP contribution in [0.5, 0.6) is 0 Å². The van der Waals surface area contributed by atoms with Gasteiger partial charge in [-0.3, -0.25) is 0 Å². The smallest absolute Gasteiger partial charge is 0.241 e. The van der Waals surface area contributed by atoms with Crippen LogP contribution in [0.4, 0.5) is 17.1 Å². The molecule has 5 nitrogen and oxygen atoms in total. The zero-order chi connectivity index (χ0) is 14.0. The number of likely N-dealkylation sites (N-methyl/N-ethyl adjacent to an activating group) is 1. The molecule has 102 valence electrons. The van der Waals surface area contributed by atoms with Crippen molar-refractivity contribution < 1.29 is 25.5 Å². The third-order valence-electron chi connectivity index (χ3n) is 2.02. The summed E-state index contributed by atoms with van der Waals surface area (Å²) in [6.45, 7) is -0.347. The van der Waals surface area contributed by atoms with Gasteiger partial charge in [0.1, 0.15) is 11.5 Å². The van der Waals surface area contributed by atoms with E-state index in [1.165, 1.54) is 0 Å². The van der Waals surface area contributed by atoms with E-state index in [0.717, 1.165) is 13.2 Å². The Morgan fingerprint density at radius 1 is 1.39 bits per heavy atom. The topological polar surface area (TPSA) is 63.2 Å². The van der Waals surface area contributed by atoms with Crippen molar-refractivity contribution in [3.05, 3.63) is 23.8 Å². The highest BCUT2D eigenvalue weighted by molar-refractivity contribution is 7.83. The standard InChI is InChI=1S/C8H9F4N3O2S/c1-15(18(12,16)17)5-3-7-13-4-2-6(14-7)8(9,10)11/h2,4H,3,5H2,1H3. The number of alkyl halides is 3. The number of hydrogen-bond acceptors (Lipinski definition) is 4. The number of nitrogens with zero attached hydrogens (tertiary/aromatic N) is 3. The van der Waals surface area contributed by atoms with E-state index in [4.69, 9.17) is 0 Å². The van der Waals surface area contributed by atoms with Crippen LogP contribution in [-0.4, -0.2) is 36.3 Å². The SMILES string of the molecule is CN(CCc1nccc(C(F)(F)F)n1)S(=O)(=O)F. The van der Waals surface area contributed by atoms with Crippen molar-refractivity contribution >= 4 is 10.4 Å². The van der Waals surface area contributed by atoms with Gasteiger partial charge in [-0.1, -0.05) is 3.89 Å². The van der Waals surface area contributed by atoms with Gasteiger partial charge < -0.3 is 0 Å². The summed E-state index contributed by atoms with van der Waals surface area (Å²) in [4.78, 5) is 6.77. The lowest BCUT2D eigenvalue weighted by molar-refractivity contribution is -0.141. The normalized spacial score (nSPS) is 13.0. The summed E-state index contributed by atoms with van der Waals surface area (Å²) < 4.78 is 70.5. The zero-order valence-corrected chi connectivity index (χ0v) is 9.96. The molecular weight excluding hydrogens is 278 g/mol. The van der Waals surface area contributed by atoms with Crippen molar-refractivity contribution in [2.75, 3.05) is 13.6 Å². The van der Waals surface area contributed by atoms with Gasteiger partial charge in [0.25, 0.3) is 0 Å². The Labute approximate surface area is 101 Å². The molecule has 18 heavy (non-hydrogen) atoms. The molecule has 0 radical (unpaired) electrons. The summed E-state index contributed by atoms with van der Waals surface area (Å²) in [5.41, 5.74) is -1.13. The van der Waals surface area contributed by atoms with Crippen molar-refractivity contribution in [2.45, 2.75) is 12.6 Å². The van der Waals surface area contributed by atoms with Crippen LogP contribution in [0.3, 0.4) is 0 Å². The van der Waals surface area contributed by atoms with Gasteiger partial charge in [0.2, 0.25) is 0 Å². The molecule has 0 aromatic carbocycles. The van der Waals surface area contributed by atoms with E-state index in [1.54, 1.807) is 0 Å². The lowest BCUT2D eigenvalue weighted by Gasteiger charge is -2.11. The highest BCUT2D eigenvalue weighted by atomic mass is 32.3. The van der Waals surface area contributed by atoms with Crippen molar-refractivity contribution in [1.82, 2.24) is 14.3 Å². The van der Waals surface area contributed by atoms with Crippen LogP contribution < -0.4 is 0 Å². The Bertz CT molecular complexity index is 517. The summed E-state index contributed by atoms with van der Waals surface area (Å²) >= 11 is 0. The first-order valence-electron chi connectivity index (χ1n) is 4.66. The highest BCUT2D eigenvalue weighted by Gasteiger charge is 2.32. The van der Waals surface area contributed by atoms with Crippen molar-refractivity contribution in [3.63, 3.8) is 0 Å². The van der Waals surface area contributed by atoms with E-state index in [2.05, 4.69) is 9.97 Å². The van der Waals surface area contributed by atoms with Gasteiger partial charge in [-0.25, -0.2) is 9.97 Å². The summed E-state index contributed by atoms with van der Waals surface area (Å²) in [5, 5.41) is 0. The van der Waals surface area contributed by atoms with Gasteiger partial charge in [-0.15, -0.1) is 0 Å². The molecule has 1 aromatic heterocycles. The second kappa shape index (κ2) is 5.14. The summed E-state index contributed by atoms with van der Waals surface area (Å²) in [6.07, 6.45) is -3.91. The van der Waals surface area contributed by atoms with E-state index in [9.17, 15) is 25.5 Å². The number of hydrogen-bond donors (Lipinski definition) is 0. The van der Waals surface area contributed by atoms with Crippen LogP contribution in [0.25, 0.3) is 0 Å². The molecule has 0 saturated carbocycles. The molecular formula is C8H9F4N3O2S.